The molecule has 0 aliphatic carbocycles. The highest BCUT2D eigenvalue weighted by Gasteiger charge is 2.16. The van der Waals surface area contributed by atoms with Gasteiger partial charge in [-0.2, -0.15) is 4.72 Å². The lowest BCUT2D eigenvalue weighted by atomic mass is 10.2. The highest BCUT2D eigenvalue weighted by Crippen LogP contribution is 2.19. The van der Waals surface area contributed by atoms with Gasteiger partial charge in [0, 0.05) is 10.7 Å². The van der Waals surface area contributed by atoms with E-state index in [4.69, 9.17) is 16.3 Å². The fourth-order valence-electron chi connectivity index (χ4n) is 1.92. The van der Waals surface area contributed by atoms with E-state index in [2.05, 4.69) is 5.32 Å². The Balaban J connectivity index is 1.80. The smallest absolute Gasteiger partial charge is 0.321 e. The average molecular weight is 415 g/mol. The molecule has 0 aliphatic rings. The minimum Gasteiger partial charge on any atom is -0.455 e. The number of carbonyl (C=O) groups excluding carboxylic acids is 2. The summed E-state index contributed by atoms with van der Waals surface area (Å²) in [5, 5.41) is 2.97. The first-order valence-electron chi connectivity index (χ1n) is 7.64. The Kier molecular flexibility index (Phi) is 6.89. The van der Waals surface area contributed by atoms with Crippen LogP contribution in [0.5, 0.6) is 0 Å². The van der Waals surface area contributed by atoms with Gasteiger partial charge in [0.15, 0.2) is 6.61 Å². The van der Waals surface area contributed by atoms with Crippen LogP contribution in [0.3, 0.4) is 0 Å². The van der Waals surface area contributed by atoms with Crippen LogP contribution in [0.2, 0.25) is 5.02 Å². The molecular weight excluding hydrogens is 399 g/mol. The number of amides is 1. The molecule has 2 aromatic carbocycles. The van der Waals surface area contributed by atoms with E-state index in [1.807, 2.05) is 11.6 Å². The van der Waals surface area contributed by atoms with E-state index in [1.54, 1.807) is 18.2 Å². The van der Waals surface area contributed by atoms with Crippen LogP contribution in [0.15, 0.2) is 47.4 Å². The highest BCUT2D eigenvalue weighted by atomic mass is 35.5. The minimum atomic E-state index is -4.00. The van der Waals surface area contributed by atoms with Crippen LogP contribution >= 0.6 is 11.6 Å². The summed E-state index contributed by atoms with van der Waals surface area (Å²) in [6.45, 7) is 0.536. The molecule has 0 saturated heterocycles. The third-order valence-electron chi connectivity index (χ3n) is 3.35. The standard InChI is InChI=1S/C17H16ClFN2O5S/c1-11-2-5-13(8-15(11)18)21-16(22)10-26-17(23)9-20-27(24,25)14-6-3-12(19)4-7-14/h2-8,20H,9-10H2,1H3,(H,21,22). The summed E-state index contributed by atoms with van der Waals surface area (Å²) in [5.74, 6) is -2.14. The van der Waals surface area contributed by atoms with Gasteiger partial charge >= 0.3 is 5.97 Å². The Morgan fingerprint density at radius 3 is 2.44 bits per heavy atom. The van der Waals surface area contributed by atoms with Crippen molar-refractivity contribution in [2.24, 2.45) is 0 Å². The normalized spacial score (nSPS) is 11.1. The molecule has 0 aromatic heterocycles. The molecule has 0 radical (unpaired) electrons. The quantitative estimate of drug-likeness (QED) is 0.676. The van der Waals surface area contributed by atoms with Crippen molar-refractivity contribution < 1.29 is 27.1 Å². The number of hydrogen-bond donors (Lipinski definition) is 2. The maximum atomic E-state index is 12.8. The van der Waals surface area contributed by atoms with Gasteiger partial charge in [-0.1, -0.05) is 17.7 Å². The van der Waals surface area contributed by atoms with Crippen molar-refractivity contribution in [1.29, 1.82) is 0 Å². The second-order valence-electron chi connectivity index (χ2n) is 5.45. The van der Waals surface area contributed by atoms with Crippen molar-refractivity contribution in [3.63, 3.8) is 0 Å². The van der Waals surface area contributed by atoms with Crippen LogP contribution < -0.4 is 10.0 Å². The van der Waals surface area contributed by atoms with Crippen molar-refractivity contribution in [3.05, 3.63) is 58.9 Å². The summed E-state index contributed by atoms with van der Waals surface area (Å²) in [7, 11) is -4.00. The number of esters is 1. The molecular formula is C17H16ClFN2O5S. The van der Waals surface area contributed by atoms with E-state index in [9.17, 15) is 22.4 Å². The lowest BCUT2D eigenvalue weighted by molar-refractivity contribution is -0.146. The first-order valence-corrected chi connectivity index (χ1v) is 9.50. The summed E-state index contributed by atoms with van der Waals surface area (Å²) >= 11 is 5.95. The molecule has 0 bridgehead atoms. The van der Waals surface area contributed by atoms with Crippen LogP contribution in [0, 0.1) is 12.7 Å². The number of carbonyl (C=O) groups is 2. The van der Waals surface area contributed by atoms with Crippen molar-refractivity contribution in [2.75, 3.05) is 18.5 Å². The third kappa shape index (κ3) is 6.31. The van der Waals surface area contributed by atoms with Crippen LogP contribution in [0.1, 0.15) is 5.56 Å². The lowest BCUT2D eigenvalue weighted by Crippen LogP contribution is -2.32. The van der Waals surface area contributed by atoms with Gasteiger partial charge < -0.3 is 10.1 Å². The highest BCUT2D eigenvalue weighted by molar-refractivity contribution is 7.89. The second kappa shape index (κ2) is 8.94. The molecule has 7 nitrogen and oxygen atoms in total. The number of hydrogen-bond acceptors (Lipinski definition) is 5. The predicted molar refractivity (Wildman–Crippen MR) is 97.4 cm³/mol. The predicted octanol–water partition coefficient (Wildman–Crippen LogP) is 2.25. The van der Waals surface area contributed by atoms with Crippen molar-refractivity contribution in [2.45, 2.75) is 11.8 Å². The van der Waals surface area contributed by atoms with Crippen LogP contribution in [-0.4, -0.2) is 33.4 Å². The molecule has 2 aromatic rings. The maximum Gasteiger partial charge on any atom is 0.321 e. The van der Waals surface area contributed by atoms with E-state index < -0.39 is 40.9 Å². The van der Waals surface area contributed by atoms with Gasteiger partial charge in [-0.05, 0) is 48.9 Å². The maximum absolute atomic E-state index is 12.8. The molecule has 0 spiro atoms. The lowest BCUT2D eigenvalue weighted by Gasteiger charge is -2.09. The number of nitrogens with one attached hydrogen (secondary N) is 2. The molecule has 0 unspecified atom stereocenters. The minimum absolute atomic E-state index is 0.203. The first-order chi connectivity index (χ1) is 12.7. The molecule has 0 fully saturated rings. The number of halogens is 2. The van der Waals surface area contributed by atoms with Crippen molar-refractivity contribution in [3.8, 4) is 0 Å². The zero-order valence-electron chi connectivity index (χ0n) is 14.2. The summed E-state index contributed by atoms with van der Waals surface area (Å²) in [6, 6.07) is 8.98. The molecule has 2 rings (SSSR count). The fourth-order valence-corrected chi connectivity index (χ4v) is 3.07. The number of rotatable bonds is 7. The topological polar surface area (TPSA) is 102 Å². The SMILES string of the molecule is Cc1ccc(NC(=O)COC(=O)CNS(=O)(=O)c2ccc(F)cc2)cc1Cl. The summed E-state index contributed by atoms with van der Waals surface area (Å²) in [4.78, 5) is 23.2. The third-order valence-corrected chi connectivity index (χ3v) is 5.17. The zero-order chi connectivity index (χ0) is 20.0. The molecule has 10 heteroatoms. The molecule has 0 aliphatic heterocycles. The van der Waals surface area contributed by atoms with Crippen molar-refractivity contribution in [1.82, 2.24) is 4.72 Å². The largest absolute Gasteiger partial charge is 0.455 e. The average Bonchev–Trinajstić information content (AvgIpc) is 2.62. The van der Waals surface area contributed by atoms with E-state index in [-0.39, 0.29) is 4.90 Å². The number of anilines is 1. The Labute approximate surface area is 160 Å². The van der Waals surface area contributed by atoms with Gasteiger partial charge in [0.1, 0.15) is 12.4 Å². The monoisotopic (exact) mass is 414 g/mol. The zero-order valence-corrected chi connectivity index (χ0v) is 15.7. The Morgan fingerprint density at radius 2 is 1.81 bits per heavy atom. The summed E-state index contributed by atoms with van der Waals surface area (Å²) in [5.41, 5.74) is 1.28. The molecule has 144 valence electrons. The van der Waals surface area contributed by atoms with Gasteiger partial charge in [-0.15, -0.1) is 0 Å². The Bertz CT molecular complexity index is 948. The van der Waals surface area contributed by atoms with Gasteiger partial charge in [-0.25, -0.2) is 12.8 Å². The molecule has 0 saturated carbocycles. The van der Waals surface area contributed by atoms with Crippen LogP contribution in [-0.2, 0) is 24.3 Å². The van der Waals surface area contributed by atoms with Crippen molar-refractivity contribution >= 4 is 39.2 Å². The number of ether oxygens (including phenoxy) is 1. The van der Waals surface area contributed by atoms with E-state index >= 15 is 0 Å². The van der Waals surface area contributed by atoms with E-state index in [1.165, 1.54) is 0 Å². The Hall–Kier alpha value is -2.49. The van der Waals surface area contributed by atoms with Gasteiger partial charge in [0.2, 0.25) is 10.0 Å². The van der Waals surface area contributed by atoms with Crippen LogP contribution in [0.4, 0.5) is 10.1 Å². The van der Waals surface area contributed by atoms with Gasteiger partial charge in [-0.3, -0.25) is 9.59 Å². The Morgan fingerprint density at radius 1 is 1.15 bits per heavy atom. The molecule has 27 heavy (non-hydrogen) atoms. The molecule has 2 N–H and O–H groups in total. The van der Waals surface area contributed by atoms with Gasteiger partial charge in [0.05, 0.1) is 4.90 Å². The molecule has 0 heterocycles. The van der Waals surface area contributed by atoms with E-state index in [0.717, 1.165) is 29.8 Å². The summed E-state index contributed by atoms with van der Waals surface area (Å²) in [6.07, 6.45) is 0. The van der Waals surface area contributed by atoms with Gasteiger partial charge in [0.25, 0.3) is 5.91 Å². The first kappa shape index (κ1) is 20.8. The fraction of sp³-hybridized carbons (Fsp3) is 0.176. The number of benzene rings is 2. The van der Waals surface area contributed by atoms with E-state index in [0.29, 0.717) is 10.7 Å². The summed E-state index contributed by atoms with van der Waals surface area (Å²) < 4.78 is 43.5. The molecule has 0 atom stereocenters. The van der Waals surface area contributed by atoms with Crippen LogP contribution in [0.25, 0.3) is 0 Å². The number of aryl methyl sites for hydroxylation is 1. The molecule has 1 amide bonds. The second-order valence-corrected chi connectivity index (χ2v) is 7.63. The number of sulfonamides is 1.